The van der Waals surface area contributed by atoms with Crippen LogP contribution in [0.2, 0.25) is 10.2 Å². The molecule has 1 N–H and O–H groups in total. The van der Waals surface area contributed by atoms with E-state index in [0.717, 1.165) is 6.20 Å². The number of hydrogen-bond acceptors (Lipinski definition) is 2. The Balaban J connectivity index is 2.56. The van der Waals surface area contributed by atoms with E-state index in [1.54, 1.807) is 0 Å². The predicted molar refractivity (Wildman–Crippen MR) is 57.3 cm³/mol. The molecule has 0 atom stereocenters. The average Bonchev–Trinajstić information content (AvgIpc) is 2.20. The lowest BCUT2D eigenvalue weighted by atomic mass is 10.2. The first-order valence-corrected chi connectivity index (χ1v) is 5.21. The monoisotopic (exact) mass is 286 g/mol. The van der Waals surface area contributed by atoms with Crippen molar-refractivity contribution in [2.24, 2.45) is 0 Å². The molecule has 0 saturated heterocycles. The average molecular weight is 287 g/mol. The van der Waals surface area contributed by atoms with Crippen LogP contribution in [0.4, 0.5) is 13.2 Å². The maximum atomic E-state index is 11.8. The normalized spacial score (nSPS) is 11.4. The highest BCUT2D eigenvalue weighted by Crippen LogP contribution is 2.20. The summed E-state index contributed by atoms with van der Waals surface area (Å²) < 4.78 is 35.5. The number of nitrogens with one attached hydrogen (secondary N) is 1. The van der Waals surface area contributed by atoms with E-state index in [4.69, 9.17) is 23.2 Å². The van der Waals surface area contributed by atoms with Crippen molar-refractivity contribution in [2.75, 3.05) is 6.54 Å². The van der Waals surface area contributed by atoms with Crippen LogP contribution in [0.3, 0.4) is 0 Å². The van der Waals surface area contributed by atoms with Crippen LogP contribution in [0, 0.1) is 0 Å². The molecule has 17 heavy (non-hydrogen) atoms. The molecule has 0 aliphatic rings. The van der Waals surface area contributed by atoms with E-state index < -0.39 is 25.0 Å². The number of nitrogens with zero attached hydrogens (tertiary/aromatic N) is 1. The summed E-state index contributed by atoms with van der Waals surface area (Å²) in [5, 5.41) is 2.19. The first-order valence-electron chi connectivity index (χ1n) is 4.45. The van der Waals surface area contributed by atoms with Crippen LogP contribution in [-0.2, 0) is 0 Å². The highest BCUT2D eigenvalue weighted by Gasteiger charge is 2.26. The maximum absolute atomic E-state index is 11.8. The van der Waals surface area contributed by atoms with Crippen LogP contribution >= 0.6 is 23.2 Å². The van der Waals surface area contributed by atoms with Gasteiger partial charge in [-0.3, -0.25) is 4.79 Å². The standard InChI is InChI=1S/C9H7Cl2F3N2O/c10-6-3-5(4-16-7(6)11)8(17)15-2-1-9(12,13)14/h3-4H,1-2H2,(H,15,17). The molecule has 1 aromatic rings. The summed E-state index contributed by atoms with van der Waals surface area (Å²) in [6.07, 6.45) is -4.26. The molecule has 0 fully saturated rings. The van der Waals surface area contributed by atoms with Crippen molar-refractivity contribution < 1.29 is 18.0 Å². The molecule has 1 aromatic heterocycles. The molecule has 0 aromatic carbocycles. The highest BCUT2D eigenvalue weighted by molar-refractivity contribution is 6.41. The van der Waals surface area contributed by atoms with E-state index in [-0.39, 0.29) is 15.7 Å². The van der Waals surface area contributed by atoms with E-state index in [1.807, 2.05) is 0 Å². The minimum Gasteiger partial charge on any atom is -0.352 e. The summed E-state index contributed by atoms with van der Waals surface area (Å²) in [6.45, 7) is -0.497. The molecular weight excluding hydrogens is 280 g/mol. The van der Waals surface area contributed by atoms with Crippen molar-refractivity contribution in [3.63, 3.8) is 0 Å². The highest BCUT2D eigenvalue weighted by atomic mass is 35.5. The zero-order valence-corrected chi connectivity index (χ0v) is 9.83. The molecule has 8 heteroatoms. The Morgan fingerprint density at radius 1 is 1.41 bits per heavy atom. The molecule has 0 aliphatic carbocycles. The summed E-state index contributed by atoms with van der Waals surface area (Å²) in [5.41, 5.74) is 0.0570. The second-order valence-electron chi connectivity index (χ2n) is 3.12. The number of hydrogen-bond donors (Lipinski definition) is 1. The zero-order chi connectivity index (χ0) is 13.1. The Kier molecular flexibility index (Phi) is 4.59. The molecule has 0 spiro atoms. The Hall–Kier alpha value is -1.01. The summed E-state index contributed by atoms with van der Waals surface area (Å²) >= 11 is 11.1. The van der Waals surface area contributed by atoms with Crippen LogP contribution in [-0.4, -0.2) is 23.6 Å². The fraction of sp³-hybridized carbons (Fsp3) is 0.333. The van der Waals surface area contributed by atoms with Crippen LogP contribution in [0.15, 0.2) is 12.3 Å². The van der Waals surface area contributed by atoms with Crippen LogP contribution in [0.5, 0.6) is 0 Å². The summed E-state index contributed by atoms with van der Waals surface area (Å²) in [4.78, 5) is 15.0. The van der Waals surface area contributed by atoms with Gasteiger partial charge >= 0.3 is 6.18 Å². The number of alkyl halides is 3. The molecule has 1 rings (SSSR count). The van der Waals surface area contributed by atoms with Gasteiger partial charge in [-0.1, -0.05) is 23.2 Å². The van der Waals surface area contributed by atoms with Crippen molar-refractivity contribution in [2.45, 2.75) is 12.6 Å². The Morgan fingerprint density at radius 3 is 2.59 bits per heavy atom. The maximum Gasteiger partial charge on any atom is 0.390 e. The number of aromatic nitrogens is 1. The van der Waals surface area contributed by atoms with Crippen molar-refractivity contribution in [3.05, 3.63) is 28.0 Å². The minimum atomic E-state index is -4.30. The lowest BCUT2D eigenvalue weighted by Crippen LogP contribution is -2.28. The number of carbonyl (C=O) groups is 1. The number of pyridine rings is 1. The van der Waals surface area contributed by atoms with Crippen molar-refractivity contribution in [3.8, 4) is 0 Å². The number of halogens is 5. The summed E-state index contributed by atoms with van der Waals surface area (Å²) in [5.74, 6) is -0.680. The van der Waals surface area contributed by atoms with Gasteiger partial charge in [0, 0.05) is 12.7 Å². The SMILES string of the molecule is O=C(NCCC(F)(F)F)c1cnc(Cl)c(Cl)c1. The molecule has 0 aliphatic heterocycles. The lowest BCUT2D eigenvalue weighted by Gasteiger charge is -2.07. The molecule has 1 amide bonds. The number of rotatable bonds is 3. The van der Waals surface area contributed by atoms with Crippen LogP contribution in [0.1, 0.15) is 16.8 Å². The largest absolute Gasteiger partial charge is 0.390 e. The summed E-state index contributed by atoms with van der Waals surface area (Å²) in [7, 11) is 0. The molecule has 0 bridgehead atoms. The predicted octanol–water partition coefficient (Wildman–Crippen LogP) is 3.07. The smallest absolute Gasteiger partial charge is 0.352 e. The van der Waals surface area contributed by atoms with E-state index in [1.165, 1.54) is 6.07 Å². The van der Waals surface area contributed by atoms with Gasteiger partial charge in [0.2, 0.25) is 0 Å². The molecule has 94 valence electrons. The zero-order valence-electron chi connectivity index (χ0n) is 8.31. The fourth-order valence-electron chi connectivity index (χ4n) is 0.965. The Morgan fingerprint density at radius 2 is 2.06 bits per heavy atom. The van der Waals surface area contributed by atoms with Gasteiger partial charge in [0.15, 0.2) is 0 Å². The molecule has 3 nitrogen and oxygen atoms in total. The first-order chi connectivity index (χ1) is 7.79. The number of amides is 1. The molecular formula is C9H7Cl2F3N2O. The van der Waals surface area contributed by atoms with Crippen molar-refractivity contribution >= 4 is 29.1 Å². The van der Waals surface area contributed by atoms with Crippen LogP contribution in [0.25, 0.3) is 0 Å². The first kappa shape index (κ1) is 14.1. The van der Waals surface area contributed by atoms with E-state index >= 15 is 0 Å². The third-order valence-electron chi connectivity index (χ3n) is 1.75. The Labute approximate surface area is 105 Å². The second-order valence-corrected chi connectivity index (χ2v) is 3.88. The minimum absolute atomic E-state index is 0.0264. The fourth-order valence-corrected chi connectivity index (χ4v) is 1.23. The topological polar surface area (TPSA) is 42.0 Å². The third-order valence-corrected chi connectivity index (χ3v) is 2.44. The molecule has 1 heterocycles. The van der Waals surface area contributed by atoms with Crippen molar-refractivity contribution in [1.82, 2.24) is 10.3 Å². The summed E-state index contributed by atoms with van der Waals surface area (Å²) in [6, 6.07) is 1.24. The number of carbonyl (C=O) groups excluding carboxylic acids is 1. The second kappa shape index (κ2) is 5.55. The van der Waals surface area contributed by atoms with Crippen molar-refractivity contribution in [1.29, 1.82) is 0 Å². The van der Waals surface area contributed by atoms with Gasteiger partial charge in [-0.05, 0) is 6.07 Å². The lowest BCUT2D eigenvalue weighted by molar-refractivity contribution is -0.132. The van der Waals surface area contributed by atoms with Gasteiger partial charge in [-0.2, -0.15) is 13.2 Å². The molecule has 0 radical (unpaired) electrons. The van der Waals surface area contributed by atoms with Gasteiger partial charge in [-0.15, -0.1) is 0 Å². The van der Waals surface area contributed by atoms with Crippen LogP contribution < -0.4 is 5.32 Å². The molecule has 0 unspecified atom stereocenters. The quantitative estimate of drug-likeness (QED) is 0.868. The van der Waals surface area contributed by atoms with E-state index in [9.17, 15) is 18.0 Å². The Bertz CT molecular complexity index is 423. The van der Waals surface area contributed by atoms with Gasteiger partial charge in [-0.25, -0.2) is 4.98 Å². The van der Waals surface area contributed by atoms with E-state index in [2.05, 4.69) is 10.3 Å². The van der Waals surface area contributed by atoms with Gasteiger partial charge in [0.1, 0.15) is 5.15 Å². The van der Waals surface area contributed by atoms with Gasteiger partial charge in [0.25, 0.3) is 5.91 Å². The van der Waals surface area contributed by atoms with Gasteiger partial charge < -0.3 is 5.32 Å². The molecule has 0 saturated carbocycles. The van der Waals surface area contributed by atoms with E-state index in [0.29, 0.717) is 0 Å². The third kappa shape index (κ3) is 4.79. The van der Waals surface area contributed by atoms with Gasteiger partial charge in [0.05, 0.1) is 17.0 Å².